The smallest absolute Gasteiger partial charge is 0.417 e. The minimum Gasteiger partial charge on any atom is -0.447 e. The molecule has 2 saturated heterocycles. The largest absolute Gasteiger partial charge is 0.447 e. The Morgan fingerprint density at radius 1 is 1.24 bits per heavy atom. The van der Waals surface area contributed by atoms with E-state index in [2.05, 4.69) is 15.3 Å². The van der Waals surface area contributed by atoms with Crippen LogP contribution in [0.25, 0.3) is 0 Å². The van der Waals surface area contributed by atoms with Crippen molar-refractivity contribution in [3.63, 3.8) is 0 Å². The molecule has 38 heavy (non-hydrogen) atoms. The standard InChI is InChI=1S/C26H31F4N5O3/c1-16(32-22-31-10-7-21(33-22)35-23(36)38-15-24(35,2)19-5-6-19)17-3-4-18(20(27)13-17)14-34-11-8-25(37,9-12-34)26(28,29)30/h3-4,7,10,13,16,19,37H,5-6,8-9,11-12,14-15H2,1-2H3,(H,31,32,33)/t16-,24?/m0/s1. The fourth-order valence-corrected chi connectivity index (χ4v) is 5.29. The number of halogens is 4. The van der Waals surface area contributed by atoms with E-state index in [4.69, 9.17) is 4.74 Å². The molecule has 1 aromatic heterocycles. The molecule has 1 saturated carbocycles. The molecule has 8 nitrogen and oxygen atoms in total. The molecule has 1 amide bonds. The SMILES string of the molecule is C[C@H](Nc1nccc(N2C(=O)OCC2(C)C2CC2)n1)c1ccc(CN2CCC(O)(C(F)(F)F)CC2)c(F)c1. The lowest BCUT2D eigenvalue weighted by Crippen LogP contribution is -2.53. The number of hydrogen-bond acceptors (Lipinski definition) is 7. The fourth-order valence-electron chi connectivity index (χ4n) is 5.29. The van der Waals surface area contributed by atoms with E-state index in [0.29, 0.717) is 29.5 Å². The van der Waals surface area contributed by atoms with Gasteiger partial charge in [0.1, 0.15) is 18.2 Å². The van der Waals surface area contributed by atoms with E-state index in [1.807, 2.05) is 13.8 Å². The molecule has 0 spiro atoms. The average molecular weight is 538 g/mol. The van der Waals surface area contributed by atoms with E-state index < -0.39 is 42.1 Å². The van der Waals surface area contributed by atoms with Gasteiger partial charge in [-0.15, -0.1) is 0 Å². The minimum absolute atomic E-state index is 0.0210. The molecular formula is C26H31F4N5O3. The molecule has 1 aliphatic carbocycles. The van der Waals surface area contributed by atoms with E-state index in [1.165, 1.54) is 6.07 Å². The van der Waals surface area contributed by atoms with Crippen LogP contribution in [0.1, 0.15) is 56.7 Å². The number of carbonyl (C=O) groups excluding carboxylic acids is 1. The van der Waals surface area contributed by atoms with Crippen molar-refractivity contribution < 1.29 is 32.2 Å². The van der Waals surface area contributed by atoms with Crippen molar-refractivity contribution in [3.05, 3.63) is 47.4 Å². The molecule has 3 aliphatic rings. The topological polar surface area (TPSA) is 90.8 Å². The number of alkyl halides is 3. The second-order valence-corrected chi connectivity index (χ2v) is 10.8. The van der Waals surface area contributed by atoms with Gasteiger partial charge in [-0.3, -0.25) is 9.80 Å². The summed E-state index contributed by atoms with van der Waals surface area (Å²) in [5.41, 5.74) is -2.14. The molecule has 0 radical (unpaired) electrons. The number of likely N-dealkylation sites (tertiary alicyclic amines) is 1. The van der Waals surface area contributed by atoms with E-state index in [0.717, 1.165) is 12.8 Å². The fraction of sp³-hybridized carbons (Fsp3) is 0.577. The summed E-state index contributed by atoms with van der Waals surface area (Å²) in [4.78, 5) is 24.6. The normalized spacial score (nSPS) is 24.8. The lowest BCUT2D eigenvalue weighted by Gasteiger charge is -2.39. The maximum absolute atomic E-state index is 15.0. The summed E-state index contributed by atoms with van der Waals surface area (Å²) < 4.78 is 59.4. The average Bonchev–Trinajstić information content (AvgIpc) is 3.67. The van der Waals surface area contributed by atoms with Gasteiger partial charge >= 0.3 is 12.3 Å². The van der Waals surface area contributed by atoms with Crippen LogP contribution in [0.3, 0.4) is 0 Å². The zero-order chi connectivity index (χ0) is 27.3. The third-order valence-corrected chi connectivity index (χ3v) is 8.04. The van der Waals surface area contributed by atoms with Gasteiger partial charge in [0.15, 0.2) is 5.60 Å². The number of nitrogens with zero attached hydrogens (tertiary/aromatic N) is 4. The highest BCUT2D eigenvalue weighted by molar-refractivity contribution is 5.90. The van der Waals surface area contributed by atoms with Gasteiger partial charge in [0.25, 0.3) is 0 Å². The van der Waals surface area contributed by atoms with Crippen LogP contribution in [0.5, 0.6) is 0 Å². The maximum atomic E-state index is 15.0. The minimum atomic E-state index is -4.67. The van der Waals surface area contributed by atoms with Gasteiger partial charge in [0.2, 0.25) is 5.95 Å². The number of aliphatic hydroxyl groups is 1. The van der Waals surface area contributed by atoms with E-state index >= 15 is 0 Å². The number of cyclic esters (lactones) is 1. The molecule has 1 unspecified atom stereocenters. The van der Waals surface area contributed by atoms with Crippen molar-refractivity contribution in [2.75, 3.05) is 29.9 Å². The molecule has 206 valence electrons. The molecule has 1 aromatic carbocycles. The van der Waals surface area contributed by atoms with Crippen molar-refractivity contribution >= 4 is 17.9 Å². The summed E-state index contributed by atoms with van der Waals surface area (Å²) in [7, 11) is 0. The summed E-state index contributed by atoms with van der Waals surface area (Å²) in [6.45, 7) is 4.33. The van der Waals surface area contributed by atoms with E-state index in [9.17, 15) is 27.5 Å². The van der Waals surface area contributed by atoms with Crippen LogP contribution >= 0.6 is 0 Å². The van der Waals surface area contributed by atoms with Crippen molar-refractivity contribution in [1.82, 2.24) is 14.9 Å². The third kappa shape index (κ3) is 5.03. The molecule has 2 N–H and O–H groups in total. The highest BCUT2D eigenvalue weighted by Crippen LogP contribution is 2.47. The van der Waals surface area contributed by atoms with Gasteiger partial charge in [-0.1, -0.05) is 12.1 Å². The Bertz CT molecular complexity index is 1200. The molecule has 2 aliphatic heterocycles. The first-order valence-electron chi connectivity index (χ1n) is 12.8. The number of hydrogen-bond donors (Lipinski definition) is 2. The zero-order valence-electron chi connectivity index (χ0n) is 21.3. The van der Waals surface area contributed by atoms with Crippen molar-refractivity contribution in [2.45, 2.75) is 69.4 Å². The van der Waals surface area contributed by atoms with Crippen molar-refractivity contribution in [2.24, 2.45) is 5.92 Å². The van der Waals surface area contributed by atoms with Crippen LogP contribution in [0.4, 0.5) is 34.1 Å². The molecule has 0 bridgehead atoms. The van der Waals surface area contributed by atoms with Crippen LogP contribution < -0.4 is 10.2 Å². The van der Waals surface area contributed by atoms with Crippen molar-refractivity contribution in [3.8, 4) is 0 Å². The number of piperidine rings is 1. The molecular weight excluding hydrogens is 506 g/mol. The second-order valence-electron chi connectivity index (χ2n) is 10.8. The Balaban J connectivity index is 1.23. The highest BCUT2D eigenvalue weighted by atomic mass is 19.4. The molecule has 2 atom stereocenters. The van der Waals surface area contributed by atoms with Crippen LogP contribution in [0.2, 0.25) is 0 Å². The van der Waals surface area contributed by atoms with Crippen LogP contribution in [0, 0.1) is 11.7 Å². The Labute approximate surface area is 218 Å². The third-order valence-electron chi connectivity index (χ3n) is 8.04. The maximum Gasteiger partial charge on any atom is 0.417 e. The Morgan fingerprint density at radius 3 is 2.58 bits per heavy atom. The summed E-state index contributed by atoms with van der Waals surface area (Å²) in [5.74, 6) is 0.610. The molecule has 2 aromatic rings. The summed E-state index contributed by atoms with van der Waals surface area (Å²) in [6.07, 6.45) is -2.37. The Morgan fingerprint density at radius 2 is 1.95 bits per heavy atom. The monoisotopic (exact) mass is 537 g/mol. The molecule has 3 fully saturated rings. The quantitative estimate of drug-likeness (QED) is 0.490. The predicted octanol–water partition coefficient (Wildman–Crippen LogP) is 4.80. The number of nitrogens with one attached hydrogen (secondary N) is 1. The molecule has 12 heteroatoms. The van der Waals surface area contributed by atoms with Gasteiger partial charge < -0.3 is 15.2 Å². The number of carbonyl (C=O) groups is 1. The van der Waals surface area contributed by atoms with Crippen LogP contribution in [-0.4, -0.2) is 63.1 Å². The first-order chi connectivity index (χ1) is 17.9. The number of amides is 1. The van der Waals surface area contributed by atoms with Crippen LogP contribution in [0.15, 0.2) is 30.5 Å². The number of ether oxygens (including phenoxy) is 1. The Hall–Kier alpha value is -2.99. The molecule has 3 heterocycles. The second kappa shape index (κ2) is 9.64. The predicted molar refractivity (Wildman–Crippen MR) is 131 cm³/mol. The van der Waals surface area contributed by atoms with E-state index in [-0.39, 0.29) is 31.6 Å². The summed E-state index contributed by atoms with van der Waals surface area (Å²) in [6, 6.07) is 6.04. The lowest BCUT2D eigenvalue weighted by molar-refractivity contribution is -0.272. The number of rotatable bonds is 7. The van der Waals surface area contributed by atoms with Crippen molar-refractivity contribution in [1.29, 1.82) is 0 Å². The van der Waals surface area contributed by atoms with Gasteiger partial charge in [0, 0.05) is 31.4 Å². The summed E-state index contributed by atoms with van der Waals surface area (Å²) >= 11 is 0. The molecule has 5 rings (SSSR count). The van der Waals surface area contributed by atoms with Gasteiger partial charge in [0.05, 0.1) is 11.6 Å². The van der Waals surface area contributed by atoms with Gasteiger partial charge in [-0.05, 0) is 63.1 Å². The Kier molecular flexibility index (Phi) is 6.75. The number of benzene rings is 1. The van der Waals surface area contributed by atoms with E-state index in [1.54, 1.807) is 34.2 Å². The van der Waals surface area contributed by atoms with Gasteiger partial charge in [-0.25, -0.2) is 14.2 Å². The first kappa shape index (κ1) is 26.6. The highest BCUT2D eigenvalue weighted by Gasteiger charge is 2.55. The first-order valence-corrected chi connectivity index (χ1v) is 12.8. The van der Waals surface area contributed by atoms with Gasteiger partial charge in [-0.2, -0.15) is 18.2 Å². The number of anilines is 2. The lowest BCUT2D eigenvalue weighted by atomic mass is 9.90. The van der Waals surface area contributed by atoms with Crippen LogP contribution in [-0.2, 0) is 11.3 Å². The summed E-state index contributed by atoms with van der Waals surface area (Å²) in [5, 5.41) is 13.0. The zero-order valence-corrected chi connectivity index (χ0v) is 21.3. The number of aromatic nitrogens is 2.